The smallest absolute Gasteiger partial charge is 0.122 e. The molecule has 0 saturated heterocycles. The average molecular weight is 443 g/mol. The first-order valence-electron chi connectivity index (χ1n) is 11.7. The van der Waals surface area contributed by atoms with Crippen LogP contribution in [0.15, 0.2) is 36.4 Å². The number of aliphatic hydroxyl groups is 1. The van der Waals surface area contributed by atoms with Gasteiger partial charge in [-0.3, -0.25) is 0 Å². The first-order valence-corrected chi connectivity index (χ1v) is 12.7. The van der Waals surface area contributed by atoms with Crippen LogP contribution in [0.2, 0.25) is 0 Å². The number of thioether (sulfide) groups is 1. The molecule has 0 aliphatic heterocycles. The summed E-state index contributed by atoms with van der Waals surface area (Å²) in [5.41, 5.74) is 6.72. The molecule has 0 radical (unpaired) electrons. The van der Waals surface area contributed by atoms with Gasteiger partial charge in [-0.15, -0.1) is 0 Å². The maximum atomic E-state index is 9.53. The molecule has 0 amide bonds. The Labute approximate surface area is 194 Å². The Hall–Kier alpha value is -1.45. The van der Waals surface area contributed by atoms with E-state index >= 15 is 0 Å². The van der Waals surface area contributed by atoms with Crippen molar-refractivity contribution in [1.29, 1.82) is 0 Å². The van der Waals surface area contributed by atoms with Gasteiger partial charge in [0.25, 0.3) is 0 Å². The lowest BCUT2D eigenvalue weighted by molar-refractivity contribution is 0.122. The zero-order chi connectivity index (χ0) is 23.2. The summed E-state index contributed by atoms with van der Waals surface area (Å²) in [6.07, 6.45) is 2.76. The maximum Gasteiger partial charge on any atom is 0.122 e. The molecule has 1 atom stereocenters. The number of benzene rings is 2. The van der Waals surface area contributed by atoms with Gasteiger partial charge in [0.15, 0.2) is 0 Å². The van der Waals surface area contributed by atoms with Gasteiger partial charge in [0.05, 0.1) is 6.10 Å². The highest BCUT2D eigenvalue weighted by atomic mass is 32.2. The minimum absolute atomic E-state index is 0.00297. The predicted octanol–water partition coefficient (Wildman–Crippen LogP) is 7.24. The number of aryl methyl sites for hydroxylation is 3. The van der Waals surface area contributed by atoms with Gasteiger partial charge in [-0.25, -0.2) is 0 Å². The van der Waals surface area contributed by atoms with Crippen molar-refractivity contribution in [2.24, 2.45) is 0 Å². The van der Waals surface area contributed by atoms with Crippen LogP contribution in [0.5, 0.6) is 5.75 Å². The molecule has 3 heteroatoms. The first kappa shape index (κ1) is 25.8. The fourth-order valence-electron chi connectivity index (χ4n) is 4.29. The molecule has 1 N–H and O–H groups in total. The third kappa shape index (κ3) is 6.76. The molecule has 2 nitrogen and oxygen atoms in total. The lowest BCUT2D eigenvalue weighted by atomic mass is 9.70. The Morgan fingerprint density at radius 3 is 2.00 bits per heavy atom. The maximum absolute atomic E-state index is 9.53. The number of ether oxygens (including phenoxy) is 1. The summed E-state index contributed by atoms with van der Waals surface area (Å²) in [4.78, 5) is 0. The molecule has 172 valence electrons. The highest BCUT2D eigenvalue weighted by molar-refractivity contribution is 8.00. The molecule has 0 aliphatic rings. The normalized spacial score (nSPS) is 13.3. The predicted molar refractivity (Wildman–Crippen MR) is 137 cm³/mol. The Morgan fingerprint density at radius 1 is 0.935 bits per heavy atom. The van der Waals surface area contributed by atoms with Crippen molar-refractivity contribution in [2.45, 2.75) is 90.9 Å². The van der Waals surface area contributed by atoms with Crippen molar-refractivity contribution in [1.82, 2.24) is 0 Å². The standard InChI is InChI=1S/C28H42O2S/c1-9-28(10-2,25-13-14-26(21(4)18-25)30-19-22(5)29)24-12-11-23(20(3)17-24)15-16-31-27(6,7)8/h11-14,17-18,22,29H,9-10,15-16,19H2,1-8H3/t22-/m0/s1. The van der Waals surface area contributed by atoms with E-state index < -0.39 is 6.10 Å². The molecule has 2 rings (SSSR count). The molecule has 0 heterocycles. The lowest BCUT2D eigenvalue weighted by Gasteiger charge is -2.34. The molecule has 2 aromatic rings. The molecule has 0 bridgehead atoms. The summed E-state index contributed by atoms with van der Waals surface area (Å²) in [7, 11) is 0. The Bertz CT molecular complexity index is 845. The van der Waals surface area contributed by atoms with Crippen LogP contribution in [0.4, 0.5) is 0 Å². The van der Waals surface area contributed by atoms with Gasteiger partial charge in [-0.2, -0.15) is 11.8 Å². The van der Waals surface area contributed by atoms with Gasteiger partial charge in [0.1, 0.15) is 12.4 Å². The number of rotatable bonds is 10. The van der Waals surface area contributed by atoms with Crippen molar-refractivity contribution >= 4 is 11.8 Å². The van der Waals surface area contributed by atoms with Crippen LogP contribution in [-0.2, 0) is 11.8 Å². The third-order valence-electron chi connectivity index (χ3n) is 6.22. The van der Waals surface area contributed by atoms with E-state index in [4.69, 9.17) is 4.74 Å². The van der Waals surface area contributed by atoms with Crippen molar-refractivity contribution in [2.75, 3.05) is 12.4 Å². The van der Waals surface area contributed by atoms with Gasteiger partial charge >= 0.3 is 0 Å². The van der Waals surface area contributed by atoms with Crippen molar-refractivity contribution in [3.8, 4) is 5.75 Å². The van der Waals surface area contributed by atoms with Crippen molar-refractivity contribution < 1.29 is 9.84 Å². The van der Waals surface area contributed by atoms with Crippen LogP contribution < -0.4 is 4.74 Å². The molecule has 2 aromatic carbocycles. The SMILES string of the molecule is CCC(CC)(c1ccc(CCSC(C)(C)C)c(C)c1)c1ccc(OC[C@H](C)O)c(C)c1. The highest BCUT2D eigenvalue weighted by Gasteiger charge is 2.31. The van der Waals surface area contributed by atoms with Gasteiger partial charge < -0.3 is 9.84 Å². The van der Waals surface area contributed by atoms with E-state index in [1.165, 1.54) is 22.3 Å². The van der Waals surface area contributed by atoms with E-state index in [1.54, 1.807) is 6.92 Å². The summed E-state index contributed by atoms with van der Waals surface area (Å²) in [6, 6.07) is 13.7. The van der Waals surface area contributed by atoms with Crippen LogP contribution in [-0.4, -0.2) is 28.3 Å². The molecule has 31 heavy (non-hydrogen) atoms. The molecular formula is C28H42O2S. The van der Waals surface area contributed by atoms with E-state index in [-0.39, 0.29) is 5.41 Å². The van der Waals surface area contributed by atoms with E-state index in [9.17, 15) is 5.11 Å². The summed E-state index contributed by atoms with van der Waals surface area (Å²) in [5.74, 6) is 2.01. The van der Waals surface area contributed by atoms with Crippen LogP contribution in [0.25, 0.3) is 0 Å². The van der Waals surface area contributed by atoms with E-state index in [1.807, 2.05) is 11.8 Å². The molecule has 0 fully saturated rings. The Morgan fingerprint density at radius 2 is 1.52 bits per heavy atom. The molecule has 0 spiro atoms. The summed E-state index contributed by atoms with van der Waals surface area (Å²) >= 11 is 2.03. The zero-order valence-electron chi connectivity index (χ0n) is 20.8. The second-order valence-electron chi connectivity index (χ2n) is 9.78. The van der Waals surface area contributed by atoms with Gasteiger partial charge in [-0.05, 0) is 79.7 Å². The average Bonchev–Trinajstić information content (AvgIpc) is 2.69. The summed E-state index contributed by atoms with van der Waals surface area (Å²) in [6.45, 7) is 17.9. The lowest BCUT2D eigenvalue weighted by Crippen LogP contribution is -2.26. The number of hydrogen-bond acceptors (Lipinski definition) is 3. The van der Waals surface area contributed by atoms with Crippen molar-refractivity contribution in [3.05, 3.63) is 64.2 Å². The highest BCUT2D eigenvalue weighted by Crippen LogP contribution is 2.41. The minimum Gasteiger partial charge on any atom is -0.491 e. The van der Waals surface area contributed by atoms with E-state index in [0.717, 1.165) is 36.3 Å². The largest absolute Gasteiger partial charge is 0.491 e. The van der Waals surface area contributed by atoms with Crippen LogP contribution in [0, 0.1) is 13.8 Å². The molecule has 0 unspecified atom stereocenters. The quantitative estimate of drug-likeness (QED) is 0.420. The zero-order valence-corrected chi connectivity index (χ0v) is 21.7. The molecule has 0 aromatic heterocycles. The van der Waals surface area contributed by atoms with Crippen LogP contribution in [0.3, 0.4) is 0 Å². The number of hydrogen-bond donors (Lipinski definition) is 1. The number of aliphatic hydroxyl groups excluding tert-OH is 1. The molecular weight excluding hydrogens is 400 g/mol. The van der Waals surface area contributed by atoms with E-state index in [0.29, 0.717) is 11.4 Å². The Balaban J connectivity index is 2.31. The fraction of sp³-hybridized carbons (Fsp3) is 0.571. The van der Waals surface area contributed by atoms with E-state index in [2.05, 4.69) is 84.9 Å². The second kappa shape index (κ2) is 10.9. The van der Waals surface area contributed by atoms with Gasteiger partial charge in [0.2, 0.25) is 0 Å². The van der Waals surface area contributed by atoms with Gasteiger partial charge in [0, 0.05) is 10.2 Å². The van der Waals surface area contributed by atoms with Crippen LogP contribution in [0.1, 0.15) is 82.2 Å². The van der Waals surface area contributed by atoms with Gasteiger partial charge in [-0.1, -0.05) is 65.0 Å². The second-order valence-corrected chi connectivity index (χ2v) is 11.7. The minimum atomic E-state index is -0.465. The molecule has 0 aliphatic carbocycles. The van der Waals surface area contributed by atoms with Crippen LogP contribution >= 0.6 is 11.8 Å². The first-order chi connectivity index (χ1) is 14.5. The third-order valence-corrected chi connectivity index (χ3v) is 7.49. The summed E-state index contributed by atoms with van der Waals surface area (Å²) < 4.78 is 6.10. The van der Waals surface area contributed by atoms with Crippen molar-refractivity contribution in [3.63, 3.8) is 0 Å². The Kier molecular flexibility index (Phi) is 9.09. The topological polar surface area (TPSA) is 29.5 Å². The summed E-state index contributed by atoms with van der Waals surface area (Å²) in [5, 5.41) is 9.53. The fourth-order valence-corrected chi connectivity index (χ4v) is 5.23. The molecule has 0 saturated carbocycles. The monoisotopic (exact) mass is 442 g/mol.